The molecular formula is C19H21N3O6S. The zero-order chi connectivity index (χ0) is 21.1. The van der Waals surface area contributed by atoms with Gasteiger partial charge in [-0.1, -0.05) is 30.8 Å². The molecule has 9 nitrogen and oxygen atoms in total. The minimum absolute atomic E-state index is 0.0204. The summed E-state index contributed by atoms with van der Waals surface area (Å²) in [5, 5.41) is 11.7. The van der Waals surface area contributed by atoms with Gasteiger partial charge in [0.2, 0.25) is 5.91 Å². The summed E-state index contributed by atoms with van der Waals surface area (Å²) in [5.74, 6) is -0.905. The molecule has 1 aromatic carbocycles. The second kappa shape index (κ2) is 8.75. The lowest BCUT2D eigenvalue weighted by molar-refractivity contribution is -0.385. The van der Waals surface area contributed by atoms with Gasteiger partial charge in [0.15, 0.2) is 5.17 Å². The Balaban J connectivity index is 2.13. The van der Waals surface area contributed by atoms with Crippen molar-refractivity contribution in [3.05, 3.63) is 51.2 Å². The molecule has 0 radical (unpaired) electrons. The molecule has 3 rings (SSSR count). The summed E-state index contributed by atoms with van der Waals surface area (Å²) in [6.45, 7) is 3.75. The first-order valence-corrected chi connectivity index (χ1v) is 9.97. The van der Waals surface area contributed by atoms with Gasteiger partial charge < -0.3 is 9.47 Å². The first kappa shape index (κ1) is 21.0. The van der Waals surface area contributed by atoms with Crippen molar-refractivity contribution in [2.75, 3.05) is 20.3 Å². The summed E-state index contributed by atoms with van der Waals surface area (Å²) < 4.78 is 10.2. The number of amidine groups is 1. The van der Waals surface area contributed by atoms with E-state index in [4.69, 9.17) is 9.47 Å². The minimum Gasteiger partial charge on any atom is -0.460 e. The van der Waals surface area contributed by atoms with Crippen molar-refractivity contribution in [3.8, 4) is 0 Å². The van der Waals surface area contributed by atoms with E-state index in [2.05, 4.69) is 4.99 Å². The summed E-state index contributed by atoms with van der Waals surface area (Å²) in [6.07, 6.45) is 0.579. The number of esters is 1. The third-order valence-corrected chi connectivity index (χ3v) is 6.01. The predicted octanol–water partition coefficient (Wildman–Crippen LogP) is 2.82. The highest BCUT2D eigenvalue weighted by Gasteiger charge is 2.48. The third-order valence-electron chi connectivity index (χ3n) is 4.69. The molecule has 0 spiro atoms. The van der Waals surface area contributed by atoms with Crippen molar-refractivity contribution in [2.45, 2.75) is 31.6 Å². The van der Waals surface area contributed by atoms with Crippen LogP contribution in [-0.2, 0) is 19.1 Å². The van der Waals surface area contributed by atoms with E-state index in [0.717, 1.165) is 0 Å². The number of rotatable bonds is 7. The normalized spacial score (nSPS) is 21.1. The topological polar surface area (TPSA) is 111 Å². The van der Waals surface area contributed by atoms with Crippen LogP contribution in [0.5, 0.6) is 0 Å². The van der Waals surface area contributed by atoms with Crippen LogP contribution in [0.3, 0.4) is 0 Å². The van der Waals surface area contributed by atoms with Crippen LogP contribution in [0.15, 0.2) is 40.5 Å². The number of aliphatic imine (C=N–C) groups is 1. The van der Waals surface area contributed by atoms with Gasteiger partial charge in [-0.3, -0.25) is 19.8 Å². The molecule has 29 heavy (non-hydrogen) atoms. The van der Waals surface area contributed by atoms with Gasteiger partial charge >= 0.3 is 5.97 Å². The van der Waals surface area contributed by atoms with Crippen molar-refractivity contribution in [3.63, 3.8) is 0 Å². The minimum atomic E-state index is -0.976. The molecule has 2 atom stereocenters. The van der Waals surface area contributed by atoms with Crippen molar-refractivity contribution >= 4 is 34.5 Å². The maximum absolute atomic E-state index is 13.0. The number of amides is 1. The van der Waals surface area contributed by atoms with Crippen LogP contribution in [0.1, 0.15) is 31.9 Å². The van der Waals surface area contributed by atoms with Gasteiger partial charge in [-0.05, 0) is 19.4 Å². The smallest absolute Gasteiger partial charge is 0.338 e. The van der Waals surface area contributed by atoms with Crippen LogP contribution in [0.4, 0.5) is 5.69 Å². The standard InChI is InChI=1S/C19H21N3O6S/c1-4-14-17(23)21-16(12-7-5-6-8-13(12)22(25)26)15(11(2)20-19(21)29-14)18(24)28-10-9-27-3/h5-8,14,16H,4,9-10H2,1-3H3/t14-,16+/m0/s1. The Bertz CT molecular complexity index is 913. The highest BCUT2D eigenvalue weighted by molar-refractivity contribution is 8.15. The van der Waals surface area contributed by atoms with Crippen LogP contribution in [0.2, 0.25) is 0 Å². The van der Waals surface area contributed by atoms with Crippen LogP contribution in [-0.4, -0.2) is 52.4 Å². The number of benzene rings is 1. The number of hydrogen-bond donors (Lipinski definition) is 0. The van der Waals surface area contributed by atoms with Gasteiger partial charge in [-0.25, -0.2) is 9.79 Å². The highest BCUT2D eigenvalue weighted by atomic mass is 32.2. The molecule has 10 heteroatoms. The molecule has 1 fully saturated rings. The molecule has 0 saturated carbocycles. The number of nitro benzene ring substituents is 1. The van der Waals surface area contributed by atoms with E-state index in [1.54, 1.807) is 25.1 Å². The van der Waals surface area contributed by atoms with Crippen LogP contribution < -0.4 is 0 Å². The number of fused-ring (bicyclic) bond motifs is 1. The SMILES string of the molecule is CC[C@@H]1SC2=NC(C)=C(C(=O)OCCOC)[C@@H](c3ccccc3[N+](=O)[O-])N2C1=O. The highest BCUT2D eigenvalue weighted by Crippen LogP contribution is 2.45. The van der Waals surface area contributed by atoms with Gasteiger partial charge in [-0.2, -0.15) is 0 Å². The quantitative estimate of drug-likeness (QED) is 0.289. The van der Waals surface area contributed by atoms with Crippen molar-refractivity contribution in [1.29, 1.82) is 0 Å². The molecule has 1 aromatic rings. The zero-order valence-electron chi connectivity index (χ0n) is 16.3. The molecule has 0 N–H and O–H groups in total. The Hall–Kier alpha value is -2.72. The average Bonchev–Trinajstić information content (AvgIpc) is 3.02. The number of carbonyl (C=O) groups is 2. The lowest BCUT2D eigenvalue weighted by Crippen LogP contribution is -2.41. The molecule has 1 amide bonds. The van der Waals surface area contributed by atoms with Gasteiger partial charge in [0.05, 0.1) is 33.6 Å². The zero-order valence-corrected chi connectivity index (χ0v) is 17.1. The summed E-state index contributed by atoms with van der Waals surface area (Å²) in [5.41, 5.74) is 0.559. The second-order valence-electron chi connectivity index (χ2n) is 6.46. The molecule has 0 bridgehead atoms. The number of allylic oxidation sites excluding steroid dienone is 1. The predicted molar refractivity (Wildman–Crippen MR) is 107 cm³/mol. The first-order chi connectivity index (χ1) is 13.9. The lowest BCUT2D eigenvalue weighted by atomic mass is 9.93. The number of carbonyl (C=O) groups excluding carboxylic acids is 2. The Morgan fingerprint density at radius 2 is 2.07 bits per heavy atom. The van der Waals surface area contributed by atoms with E-state index >= 15 is 0 Å². The van der Waals surface area contributed by atoms with E-state index in [0.29, 0.717) is 17.3 Å². The molecule has 0 unspecified atom stereocenters. The van der Waals surface area contributed by atoms with Crippen LogP contribution in [0.25, 0.3) is 0 Å². The fourth-order valence-electron chi connectivity index (χ4n) is 3.32. The van der Waals surface area contributed by atoms with Crippen LogP contribution in [0, 0.1) is 10.1 Å². The molecule has 2 aliphatic rings. The fraction of sp³-hybridized carbons (Fsp3) is 0.421. The number of ether oxygens (including phenoxy) is 2. The second-order valence-corrected chi connectivity index (χ2v) is 7.63. The molecule has 2 heterocycles. The van der Waals surface area contributed by atoms with Crippen molar-refractivity contribution in [1.82, 2.24) is 4.90 Å². The van der Waals surface area contributed by atoms with Gasteiger partial charge in [0.1, 0.15) is 12.6 Å². The number of methoxy groups -OCH3 is 1. The maximum atomic E-state index is 13.0. The molecule has 1 saturated heterocycles. The Morgan fingerprint density at radius 1 is 1.34 bits per heavy atom. The Labute approximate surface area is 171 Å². The molecule has 154 valence electrons. The lowest BCUT2D eigenvalue weighted by Gasteiger charge is -2.32. The van der Waals surface area contributed by atoms with Crippen LogP contribution >= 0.6 is 11.8 Å². The number of para-hydroxylation sites is 1. The van der Waals surface area contributed by atoms with Crippen molar-refractivity contribution in [2.24, 2.45) is 4.99 Å². The first-order valence-electron chi connectivity index (χ1n) is 9.09. The molecular weight excluding hydrogens is 398 g/mol. The summed E-state index contributed by atoms with van der Waals surface area (Å²) in [4.78, 5) is 42.9. The number of hydrogen-bond acceptors (Lipinski definition) is 8. The van der Waals surface area contributed by atoms with E-state index in [9.17, 15) is 19.7 Å². The summed E-state index contributed by atoms with van der Waals surface area (Å²) in [6, 6.07) is 5.12. The summed E-state index contributed by atoms with van der Waals surface area (Å²) >= 11 is 1.30. The van der Waals surface area contributed by atoms with Gasteiger partial charge in [-0.15, -0.1) is 0 Å². The van der Waals surface area contributed by atoms with Crippen molar-refractivity contribution < 1.29 is 24.0 Å². The Morgan fingerprint density at radius 3 is 2.72 bits per heavy atom. The number of thioether (sulfide) groups is 1. The fourth-order valence-corrected chi connectivity index (χ4v) is 4.46. The molecule has 2 aliphatic heterocycles. The monoisotopic (exact) mass is 419 g/mol. The largest absolute Gasteiger partial charge is 0.460 e. The average molecular weight is 419 g/mol. The number of nitrogens with zero attached hydrogens (tertiary/aromatic N) is 3. The van der Waals surface area contributed by atoms with E-state index in [1.807, 2.05) is 6.92 Å². The van der Waals surface area contributed by atoms with Gasteiger partial charge in [0.25, 0.3) is 5.69 Å². The molecule has 0 aliphatic carbocycles. The molecule has 0 aromatic heterocycles. The maximum Gasteiger partial charge on any atom is 0.338 e. The summed E-state index contributed by atoms with van der Waals surface area (Å²) in [7, 11) is 1.48. The van der Waals surface area contributed by atoms with Gasteiger partial charge in [0, 0.05) is 13.2 Å². The number of nitro groups is 1. The van der Waals surface area contributed by atoms with E-state index in [1.165, 1.54) is 29.8 Å². The Kier molecular flexibility index (Phi) is 6.33. The third kappa shape index (κ3) is 3.90. The van der Waals surface area contributed by atoms with E-state index in [-0.39, 0.29) is 41.2 Å². The van der Waals surface area contributed by atoms with E-state index < -0.39 is 16.9 Å².